The van der Waals surface area contributed by atoms with Gasteiger partial charge in [0.15, 0.2) is 0 Å². The number of carboxylic acids is 1. The molecule has 5 rings (SSSR count). The van der Waals surface area contributed by atoms with Crippen LogP contribution in [-0.2, 0) is 11.3 Å². The highest BCUT2D eigenvalue weighted by Gasteiger charge is 2.35. The standard InChI is InChI=1S/C25H21F2N3O3S/c1-2-30-22-6-3-13(24(31)28-16-7-14(8-16)25(32)33)9-21(22)29-23(30)19-12-34-11-18(19)17-5-4-15(26)10-20(17)27/h3-6,9-12,14,16H,2,7-8H2,1H3,(H,28,31)(H,32,33). The van der Waals surface area contributed by atoms with Gasteiger partial charge in [-0.05, 0) is 55.5 Å². The van der Waals surface area contributed by atoms with Gasteiger partial charge in [0.05, 0.1) is 17.0 Å². The van der Waals surface area contributed by atoms with E-state index in [1.54, 1.807) is 12.1 Å². The molecular formula is C25H21F2N3O3S. The predicted octanol–water partition coefficient (Wildman–Crippen LogP) is 5.32. The van der Waals surface area contributed by atoms with Gasteiger partial charge in [0.1, 0.15) is 17.5 Å². The van der Waals surface area contributed by atoms with E-state index in [4.69, 9.17) is 10.1 Å². The summed E-state index contributed by atoms with van der Waals surface area (Å²) in [7, 11) is 0. The topological polar surface area (TPSA) is 84.2 Å². The number of rotatable bonds is 6. The number of carboxylic acid groups (broad SMARTS) is 1. The van der Waals surface area contributed by atoms with Gasteiger partial charge in [-0.1, -0.05) is 0 Å². The summed E-state index contributed by atoms with van der Waals surface area (Å²) < 4.78 is 29.9. The van der Waals surface area contributed by atoms with Gasteiger partial charge in [-0.3, -0.25) is 9.59 Å². The number of halogens is 2. The molecule has 2 N–H and O–H groups in total. The molecule has 34 heavy (non-hydrogen) atoms. The average Bonchev–Trinajstić information content (AvgIpc) is 3.39. The Labute approximate surface area is 197 Å². The first-order valence-electron chi connectivity index (χ1n) is 10.9. The minimum atomic E-state index is -0.835. The molecule has 1 saturated carbocycles. The summed E-state index contributed by atoms with van der Waals surface area (Å²) in [6.07, 6.45) is 0.859. The maximum absolute atomic E-state index is 14.5. The van der Waals surface area contributed by atoms with Crippen molar-refractivity contribution < 1.29 is 23.5 Å². The zero-order chi connectivity index (χ0) is 24.0. The summed E-state index contributed by atoms with van der Waals surface area (Å²) in [5.41, 5.74) is 3.55. The number of aromatic nitrogens is 2. The summed E-state index contributed by atoms with van der Waals surface area (Å²) in [4.78, 5) is 28.4. The van der Waals surface area contributed by atoms with Gasteiger partial charge in [-0.2, -0.15) is 11.3 Å². The zero-order valence-corrected chi connectivity index (χ0v) is 19.0. The van der Waals surface area contributed by atoms with E-state index in [0.717, 1.165) is 17.1 Å². The van der Waals surface area contributed by atoms with Crippen LogP contribution in [0, 0.1) is 17.6 Å². The van der Waals surface area contributed by atoms with E-state index in [0.29, 0.717) is 47.4 Å². The smallest absolute Gasteiger partial charge is 0.306 e. The molecule has 2 aromatic heterocycles. The number of amides is 1. The SMILES string of the molecule is CCn1c(-c2cscc2-c2ccc(F)cc2F)nc2cc(C(=O)NC3CC(C(=O)O)C3)ccc21. The van der Waals surface area contributed by atoms with Crippen molar-refractivity contribution in [2.45, 2.75) is 32.4 Å². The number of nitrogens with zero attached hydrogens (tertiary/aromatic N) is 2. The van der Waals surface area contributed by atoms with E-state index in [2.05, 4.69) is 5.32 Å². The number of fused-ring (bicyclic) bond motifs is 1. The van der Waals surface area contributed by atoms with Gasteiger partial charge < -0.3 is 15.0 Å². The third kappa shape index (κ3) is 3.86. The molecule has 0 spiro atoms. The number of benzene rings is 2. The number of imidazole rings is 1. The number of carbonyl (C=O) groups is 2. The molecule has 2 aromatic carbocycles. The Hall–Kier alpha value is -3.59. The van der Waals surface area contributed by atoms with Gasteiger partial charge in [0.2, 0.25) is 0 Å². The number of aliphatic carboxylic acids is 1. The van der Waals surface area contributed by atoms with Gasteiger partial charge in [0.25, 0.3) is 5.91 Å². The molecule has 0 unspecified atom stereocenters. The van der Waals surface area contributed by atoms with E-state index in [9.17, 15) is 18.4 Å². The Kier molecular flexibility index (Phi) is 5.65. The van der Waals surface area contributed by atoms with Gasteiger partial charge in [0, 0.05) is 46.3 Å². The van der Waals surface area contributed by atoms with Crippen molar-refractivity contribution in [3.05, 3.63) is 64.4 Å². The number of hydrogen-bond acceptors (Lipinski definition) is 4. The molecule has 174 valence electrons. The second-order valence-corrected chi connectivity index (χ2v) is 9.13. The molecule has 0 aliphatic heterocycles. The van der Waals surface area contributed by atoms with Crippen LogP contribution in [0.2, 0.25) is 0 Å². The van der Waals surface area contributed by atoms with Gasteiger partial charge in [-0.15, -0.1) is 0 Å². The average molecular weight is 482 g/mol. The van der Waals surface area contributed by atoms with Crippen molar-refractivity contribution in [1.82, 2.24) is 14.9 Å². The summed E-state index contributed by atoms with van der Waals surface area (Å²) in [6.45, 7) is 2.59. The van der Waals surface area contributed by atoms with Crippen LogP contribution >= 0.6 is 11.3 Å². The first kappa shape index (κ1) is 22.2. The van der Waals surface area contributed by atoms with E-state index in [1.165, 1.54) is 23.5 Å². The lowest BCUT2D eigenvalue weighted by Crippen LogP contribution is -2.46. The Morgan fingerprint density at radius 3 is 2.59 bits per heavy atom. The Morgan fingerprint density at radius 2 is 1.88 bits per heavy atom. The molecular weight excluding hydrogens is 460 g/mol. The second-order valence-electron chi connectivity index (χ2n) is 8.38. The molecule has 9 heteroatoms. The third-order valence-electron chi connectivity index (χ3n) is 6.27. The lowest BCUT2D eigenvalue weighted by atomic mass is 9.80. The highest BCUT2D eigenvalue weighted by Crippen LogP contribution is 2.38. The van der Waals surface area contributed by atoms with Crippen LogP contribution in [0.25, 0.3) is 33.5 Å². The first-order chi connectivity index (χ1) is 16.4. The van der Waals surface area contributed by atoms with Crippen LogP contribution in [0.3, 0.4) is 0 Å². The maximum atomic E-state index is 14.5. The lowest BCUT2D eigenvalue weighted by molar-refractivity contribution is -0.145. The van der Waals surface area contributed by atoms with E-state index >= 15 is 0 Å². The summed E-state index contributed by atoms with van der Waals surface area (Å²) in [5.74, 6) is -2.14. The molecule has 2 heterocycles. The Bertz CT molecular complexity index is 1420. The van der Waals surface area contributed by atoms with Crippen molar-refractivity contribution in [2.75, 3.05) is 0 Å². The number of carbonyl (C=O) groups excluding carboxylic acids is 1. The van der Waals surface area contributed by atoms with E-state index in [-0.39, 0.29) is 11.9 Å². The minimum absolute atomic E-state index is 0.146. The van der Waals surface area contributed by atoms with Crippen molar-refractivity contribution in [1.29, 1.82) is 0 Å². The molecule has 1 fully saturated rings. The molecule has 0 bridgehead atoms. The van der Waals surface area contributed by atoms with Crippen LogP contribution in [-0.4, -0.2) is 32.6 Å². The molecule has 6 nitrogen and oxygen atoms in total. The highest BCUT2D eigenvalue weighted by molar-refractivity contribution is 7.08. The third-order valence-corrected chi connectivity index (χ3v) is 7.02. The number of nitrogens with one attached hydrogen (secondary N) is 1. The van der Waals surface area contributed by atoms with Crippen molar-refractivity contribution in [3.8, 4) is 22.5 Å². The molecule has 1 aliphatic rings. The molecule has 1 amide bonds. The minimum Gasteiger partial charge on any atom is -0.481 e. The molecule has 4 aromatic rings. The zero-order valence-electron chi connectivity index (χ0n) is 18.2. The highest BCUT2D eigenvalue weighted by atomic mass is 32.1. The molecule has 1 aliphatic carbocycles. The normalized spacial score (nSPS) is 17.5. The van der Waals surface area contributed by atoms with Gasteiger partial charge in [-0.25, -0.2) is 13.8 Å². The van der Waals surface area contributed by atoms with Crippen LogP contribution in [0.4, 0.5) is 8.78 Å². The monoisotopic (exact) mass is 481 g/mol. The van der Waals surface area contributed by atoms with E-state index < -0.39 is 23.5 Å². The predicted molar refractivity (Wildman–Crippen MR) is 126 cm³/mol. The van der Waals surface area contributed by atoms with Crippen LogP contribution in [0.1, 0.15) is 30.1 Å². The second kappa shape index (κ2) is 8.64. The number of aryl methyl sites for hydroxylation is 1. The molecule has 0 radical (unpaired) electrons. The van der Waals surface area contributed by atoms with Crippen LogP contribution in [0.15, 0.2) is 47.2 Å². The number of hydrogen-bond donors (Lipinski definition) is 2. The van der Waals surface area contributed by atoms with Crippen LogP contribution in [0.5, 0.6) is 0 Å². The van der Waals surface area contributed by atoms with Crippen molar-refractivity contribution >= 4 is 34.2 Å². The molecule has 0 atom stereocenters. The maximum Gasteiger partial charge on any atom is 0.306 e. The summed E-state index contributed by atoms with van der Waals surface area (Å²) in [6, 6.07) is 8.63. The summed E-state index contributed by atoms with van der Waals surface area (Å²) in [5, 5.41) is 15.6. The summed E-state index contributed by atoms with van der Waals surface area (Å²) >= 11 is 1.40. The molecule has 0 saturated heterocycles. The Balaban J connectivity index is 1.48. The van der Waals surface area contributed by atoms with Gasteiger partial charge >= 0.3 is 5.97 Å². The Morgan fingerprint density at radius 1 is 1.12 bits per heavy atom. The largest absolute Gasteiger partial charge is 0.481 e. The first-order valence-corrected chi connectivity index (χ1v) is 11.9. The van der Waals surface area contributed by atoms with E-state index in [1.807, 2.05) is 28.3 Å². The lowest BCUT2D eigenvalue weighted by Gasteiger charge is -2.32. The number of thiophene rings is 1. The van der Waals surface area contributed by atoms with Crippen molar-refractivity contribution in [3.63, 3.8) is 0 Å². The fourth-order valence-electron chi connectivity index (χ4n) is 4.39. The fraction of sp³-hybridized carbons (Fsp3) is 0.240. The fourth-order valence-corrected chi connectivity index (χ4v) is 5.22. The van der Waals surface area contributed by atoms with Crippen LogP contribution < -0.4 is 5.32 Å². The quantitative estimate of drug-likeness (QED) is 0.390. The van der Waals surface area contributed by atoms with Crippen molar-refractivity contribution in [2.24, 2.45) is 5.92 Å².